The van der Waals surface area contributed by atoms with Crippen LogP contribution in [0.25, 0.3) is 10.4 Å². The van der Waals surface area contributed by atoms with Gasteiger partial charge < -0.3 is 36.6 Å². The summed E-state index contributed by atoms with van der Waals surface area (Å²) >= 11 is 3.43. The third kappa shape index (κ3) is 17.1. The second-order valence-corrected chi connectivity index (χ2v) is 22.5. The molecule has 21 heteroatoms. The molecule has 1 saturated heterocycles. The van der Waals surface area contributed by atoms with Crippen molar-refractivity contribution in [1.82, 2.24) is 36.6 Å². The van der Waals surface area contributed by atoms with E-state index in [1.807, 2.05) is 53.8 Å². The fraction of sp³-hybridized carbons (Fsp3) is 0.519. The topological polar surface area (TPSA) is 203 Å². The summed E-state index contributed by atoms with van der Waals surface area (Å²) in [7, 11) is 0. The molecule has 6 rings (SSSR count). The van der Waals surface area contributed by atoms with Crippen molar-refractivity contribution in [2.75, 3.05) is 38.1 Å². The number of unbranched alkanes of at least 4 members (excludes halogenated alkanes) is 7. The highest BCUT2D eigenvalue weighted by atomic mass is 127. The van der Waals surface area contributed by atoms with Gasteiger partial charge in [0, 0.05) is 23.1 Å². The van der Waals surface area contributed by atoms with E-state index in [4.69, 9.17) is 4.84 Å². The SMILES string of the molecule is Cc1ncsc1-c1ccc([C@H](CC(=O)NCCCCCCCCCCNCCCONC(=O)c2ccc(F)c(F)c2Nc2ccc(I)cc2F)NC(=O)[C@@H]2C[C@@H](O)CN2C(=O)[C@@H](NC(=O)C2(F)CC2)C(C)(C)C)cc1. The minimum Gasteiger partial charge on any atom is -0.391 e. The molecule has 1 aromatic heterocycles. The number of carbonyl (C=O) groups is 5. The quantitative estimate of drug-likeness (QED) is 0.0125. The number of anilines is 2. The van der Waals surface area contributed by atoms with Gasteiger partial charge >= 0.3 is 0 Å². The summed E-state index contributed by atoms with van der Waals surface area (Å²) in [6.45, 7) is 9.10. The molecule has 4 atom stereocenters. The Labute approximate surface area is 453 Å². The van der Waals surface area contributed by atoms with Crippen LogP contribution >= 0.6 is 33.9 Å². The van der Waals surface area contributed by atoms with E-state index >= 15 is 0 Å². The molecule has 3 aromatic carbocycles. The highest BCUT2D eigenvalue weighted by Gasteiger charge is 2.53. The molecule has 0 radical (unpaired) electrons. The van der Waals surface area contributed by atoms with Crippen LogP contribution in [0, 0.1) is 33.4 Å². The number of carbonyl (C=O) groups excluding carboxylic acids is 5. The first-order valence-corrected chi connectivity index (χ1v) is 27.6. The Bertz CT molecular complexity index is 2600. The molecule has 408 valence electrons. The highest BCUT2D eigenvalue weighted by molar-refractivity contribution is 14.1. The van der Waals surface area contributed by atoms with Crippen LogP contribution in [0.15, 0.2) is 60.1 Å². The molecule has 0 bridgehead atoms. The van der Waals surface area contributed by atoms with Gasteiger partial charge in [0.15, 0.2) is 17.3 Å². The van der Waals surface area contributed by atoms with Gasteiger partial charge in [-0.25, -0.2) is 28.0 Å². The molecule has 2 aliphatic rings. The normalized spacial score (nSPS) is 16.7. The summed E-state index contributed by atoms with van der Waals surface area (Å²) in [6, 6.07) is 10.6. The first-order valence-electron chi connectivity index (χ1n) is 25.6. The van der Waals surface area contributed by atoms with E-state index in [1.54, 1.807) is 32.3 Å². The second kappa shape index (κ2) is 27.7. The van der Waals surface area contributed by atoms with E-state index in [0.717, 1.165) is 86.2 Å². The van der Waals surface area contributed by atoms with Crippen molar-refractivity contribution in [3.63, 3.8) is 0 Å². The van der Waals surface area contributed by atoms with E-state index in [2.05, 4.69) is 37.0 Å². The number of β-amino-alcohol motifs (C(OH)–C–C–N with tert-alkyl or cyclic N) is 1. The first kappa shape index (κ1) is 59.0. The van der Waals surface area contributed by atoms with E-state index in [0.29, 0.717) is 28.6 Å². The number of rotatable bonds is 28. The summed E-state index contributed by atoms with van der Waals surface area (Å²) in [5.74, 6) is -6.29. The number of aryl methyl sites for hydroxylation is 1. The van der Waals surface area contributed by atoms with Crippen LogP contribution in [-0.2, 0) is 24.0 Å². The Kier molecular flexibility index (Phi) is 21.8. The zero-order chi connectivity index (χ0) is 54.3. The number of halogens is 5. The fourth-order valence-electron chi connectivity index (χ4n) is 8.76. The van der Waals surface area contributed by atoms with Crippen LogP contribution in [-0.4, -0.2) is 101 Å². The summed E-state index contributed by atoms with van der Waals surface area (Å²) in [5, 5.41) is 25.2. The van der Waals surface area contributed by atoms with Gasteiger partial charge in [0.05, 0.1) is 58.2 Å². The average Bonchev–Trinajstić information content (AvgIpc) is 3.77. The maximum atomic E-state index is 14.7. The zero-order valence-electron chi connectivity index (χ0n) is 42.9. The van der Waals surface area contributed by atoms with E-state index in [-0.39, 0.29) is 56.0 Å². The molecule has 1 aliphatic carbocycles. The van der Waals surface area contributed by atoms with Gasteiger partial charge in [0.25, 0.3) is 11.8 Å². The maximum Gasteiger partial charge on any atom is 0.277 e. The molecule has 4 aromatic rings. The number of alkyl halides is 1. The van der Waals surface area contributed by atoms with E-state index in [9.17, 15) is 46.6 Å². The number of benzene rings is 3. The average molecular weight is 1180 g/mol. The van der Waals surface area contributed by atoms with Crippen LogP contribution in [0.1, 0.15) is 132 Å². The van der Waals surface area contributed by atoms with Crippen molar-refractivity contribution in [2.24, 2.45) is 5.41 Å². The lowest BCUT2D eigenvalue weighted by atomic mass is 9.85. The van der Waals surface area contributed by atoms with Crippen molar-refractivity contribution >= 4 is 74.8 Å². The van der Waals surface area contributed by atoms with Crippen molar-refractivity contribution < 1.29 is 51.5 Å². The summed E-state index contributed by atoms with van der Waals surface area (Å²) < 4.78 is 58.5. The number of nitrogens with zero attached hydrogens (tertiary/aromatic N) is 2. The van der Waals surface area contributed by atoms with Crippen molar-refractivity contribution in [1.29, 1.82) is 0 Å². The minimum absolute atomic E-state index is 0.0466. The van der Waals surface area contributed by atoms with Crippen LogP contribution in [0.5, 0.6) is 0 Å². The van der Waals surface area contributed by atoms with Gasteiger partial charge in [-0.3, -0.25) is 28.8 Å². The molecule has 0 spiro atoms. The Hall–Kier alpha value is -5.23. The number of hydrogen-bond acceptors (Lipinski definition) is 11. The number of hydrogen-bond donors (Lipinski definition) is 7. The monoisotopic (exact) mass is 1180 g/mol. The number of thiazole rings is 1. The van der Waals surface area contributed by atoms with Crippen LogP contribution in [0.2, 0.25) is 0 Å². The van der Waals surface area contributed by atoms with Crippen LogP contribution in [0.4, 0.5) is 28.9 Å². The number of aliphatic hydroxyl groups is 1. The number of hydroxylamine groups is 1. The Balaban J connectivity index is 0.865. The fourth-order valence-corrected chi connectivity index (χ4v) is 10.0. The van der Waals surface area contributed by atoms with E-state index < -0.39 is 82.1 Å². The predicted molar refractivity (Wildman–Crippen MR) is 288 cm³/mol. The zero-order valence-corrected chi connectivity index (χ0v) is 45.9. The van der Waals surface area contributed by atoms with Crippen molar-refractivity contribution in [2.45, 2.75) is 141 Å². The number of nitrogens with one attached hydrogen (secondary N) is 6. The molecular formula is C54H69F4IN8O7S. The van der Waals surface area contributed by atoms with Gasteiger partial charge in [0.1, 0.15) is 17.9 Å². The van der Waals surface area contributed by atoms with Gasteiger partial charge in [-0.15, -0.1) is 11.3 Å². The van der Waals surface area contributed by atoms with Gasteiger partial charge in [0.2, 0.25) is 17.7 Å². The largest absolute Gasteiger partial charge is 0.391 e. The smallest absolute Gasteiger partial charge is 0.277 e. The predicted octanol–water partition coefficient (Wildman–Crippen LogP) is 9.00. The lowest BCUT2D eigenvalue weighted by Crippen LogP contribution is -2.59. The Morgan fingerprint density at radius 3 is 2.19 bits per heavy atom. The standard InChI is InChI=1S/C54H69F4IN8O7S/c1-33-47(75-32-62-33)35-16-14-34(15-17-35)42(64-50(71)43-29-37(68)31-67(43)51(72)48(53(2,3)4)65-52(73)54(58)22-23-54)30-44(69)61-26-12-10-8-6-5-7-9-11-24-60-25-13-27-74-66-49(70)38-19-20-39(55)45(57)46(38)63-41-21-18-36(59)28-40(41)56/h14-21,28,32,37,42-43,48,60,63,68H,5-13,22-27,29-31H2,1-4H3,(H,61,69)(H,64,71)(H,65,73)(H,66,70)/t37-,42+,43+,48-/m1/s1. The van der Waals surface area contributed by atoms with Gasteiger partial charge in [-0.1, -0.05) is 83.6 Å². The molecular weight excluding hydrogens is 1110 g/mol. The second-order valence-electron chi connectivity index (χ2n) is 20.4. The van der Waals surface area contributed by atoms with Gasteiger partial charge in [-0.05, 0) is 122 Å². The lowest BCUT2D eigenvalue weighted by Gasteiger charge is -2.36. The third-order valence-corrected chi connectivity index (χ3v) is 14.9. The molecule has 1 saturated carbocycles. The van der Waals surface area contributed by atoms with Crippen molar-refractivity contribution in [3.8, 4) is 10.4 Å². The molecule has 75 heavy (non-hydrogen) atoms. The molecule has 15 nitrogen and oxygen atoms in total. The Morgan fingerprint density at radius 2 is 1.55 bits per heavy atom. The van der Waals surface area contributed by atoms with Crippen LogP contribution < -0.4 is 32.1 Å². The molecule has 1 aliphatic heterocycles. The maximum absolute atomic E-state index is 14.7. The van der Waals surface area contributed by atoms with Crippen LogP contribution in [0.3, 0.4) is 0 Å². The summed E-state index contributed by atoms with van der Waals surface area (Å²) in [5.41, 5.74) is 2.80. The van der Waals surface area contributed by atoms with Gasteiger partial charge in [-0.2, -0.15) is 0 Å². The minimum atomic E-state index is -2.01. The number of aliphatic hydroxyl groups excluding tert-OH is 1. The van der Waals surface area contributed by atoms with Crippen molar-refractivity contribution in [3.05, 3.63) is 98.0 Å². The third-order valence-electron chi connectivity index (χ3n) is 13.3. The molecule has 7 N–H and O–H groups in total. The Morgan fingerprint density at radius 1 is 0.880 bits per heavy atom. The molecule has 0 unspecified atom stereocenters. The molecule has 5 amide bonds. The molecule has 2 fully saturated rings. The lowest BCUT2D eigenvalue weighted by molar-refractivity contribution is -0.145. The highest BCUT2D eigenvalue weighted by Crippen LogP contribution is 2.41. The first-order chi connectivity index (χ1) is 35.7. The molecule has 2 heterocycles. The van der Waals surface area contributed by atoms with E-state index in [1.165, 1.54) is 28.4 Å². The summed E-state index contributed by atoms with van der Waals surface area (Å²) in [4.78, 5) is 79.1. The summed E-state index contributed by atoms with van der Waals surface area (Å²) in [6.07, 6.45) is 7.64. The number of aromatic nitrogens is 1. The number of amides is 5. The number of likely N-dealkylation sites (tertiary alicyclic amines) is 1.